The largest absolute Gasteiger partial charge is 0.480 e. The van der Waals surface area contributed by atoms with Gasteiger partial charge in [0.1, 0.15) is 17.2 Å². The van der Waals surface area contributed by atoms with Crippen LogP contribution in [0.1, 0.15) is 33.6 Å². The molecule has 2 aliphatic rings. The maximum Gasteiger partial charge on any atom is 0.411 e. The maximum atomic E-state index is 12.1. The van der Waals surface area contributed by atoms with E-state index in [9.17, 15) is 19.5 Å². The molecule has 0 aromatic heterocycles. The van der Waals surface area contributed by atoms with Gasteiger partial charge in [0.05, 0.1) is 13.0 Å². The van der Waals surface area contributed by atoms with E-state index in [1.807, 2.05) is 0 Å². The van der Waals surface area contributed by atoms with Crippen LogP contribution in [-0.2, 0) is 19.2 Å². The van der Waals surface area contributed by atoms with E-state index in [1.165, 1.54) is 0 Å². The number of carbonyl (C=O) groups is 3. The molecule has 8 nitrogen and oxygen atoms in total. The molecule has 8 heteroatoms. The van der Waals surface area contributed by atoms with Crippen molar-refractivity contribution in [2.24, 2.45) is 0 Å². The minimum Gasteiger partial charge on any atom is -0.480 e. The van der Waals surface area contributed by atoms with Crippen molar-refractivity contribution in [1.29, 1.82) is 0 Å². The van der Waals surface area contributed by atoms with E-state index in [1.54, 1.807) is 20.8 Å². The number of ether oxygens (including phenoxy) is 1. The van der Waals surface area contributed by atoms with Crippen LogP contribution < -0.4 is 5.48 Å². The van der Waals surface area contributed by atoms with Crippen LogP contribution in [0.15, 0.2) is 0 Å². The number of carbonyl (C=O) groups excluding carboxylic acids is 2. The van der Waals surface area contributed by atoms with Crippen molar-refractivity contribution in [2.75, 3.05) is 6.54 Å². The summed E-state index contributed by atoms with van der Waals surface area (Å²) in [5.41, 5.74) is 0.512. The molecule has 2 heterocycles. The number of aliphatic carboxylic acids is 1. The van der Waals surface area contributed by atoms with Gasteiger partial charge in [0.25, 0.3) is 0 Å². The number of carboxylic acid groups (broad SMARTS) is 1. The fraction of sp³-hybridized carbons (Fsp3) is 0.750. The Morgan fingerprint density at radius 1 is 1.50 bits per heavy atom. The Balaban J connectivity index is 2.16. The highest BCUT2D eigenvalue weighted by atomic mass is 16.7. The summed E-state index contributed by atoms with van der Waals surface area (Å²) in [4.78, 5) is 40.9. The van der Waals surface area contributed by atoms with E-state index in [-0.39, 0.29) is 25.3 Å². The van der Waals surface area contributed by atoms with Crippen LogP contribution in [0.4, 0.5) is 4.79 Å². The average Bonchev–Trinajstić information content (AvgIpc) is 2.81. The van der Waals surface area contributed by atoms with Gasteiger partial charge in [0, 0.05) is 6.42 Å². The van der Waals surface area contributed by atoms with E-state index in [0.29, 0.717) is 0 Å². The molecule has 1 spiro atoms. The normalized spacial score (nSPS) is 29.6. The number of rotatable bonds is 1. The van der Waals surface area contributed by atoms with Gasteiger partial charge in [-0.1, -0.05) is 0 Å². The lowest BCUT2D eigenvalue weighted by atomic mass is 9.97. The Morgan fingerprint density at radius 3 is 2.60 bits per heavy atom. The van der Waals surface area contributed by atoms with Gasteiger partial charge >= 0.3 is 12.1 Å². The molecule has 2 aliphatic heterocycles. The van der Waals surface area contributed by atoms with Gasteiger partial charge in [-0.25, -0.2) is 15.1 Å². The van der Waals surface area contributed by atoms with Crippen molar-refractivity contribution in [3.8, 4) is 0 Å². The molecule has 0 aromatic carbocycles. The molecule has 0 radical (unpaired) electrons. The molecule has 2 rings (SSSR count). The van der Waals surface area contributed by atoms with E-state index in [4.69, 9.17) is 9.57 Å². The molecule has 0 bridgehead atoms. The molecule has 2 fully saturated rings. The lowest BCUT2D eigenvalue weighted by Gasteiger charge is -2.27. The third-order valence-corrected chi connectivity index (χ3v) is 3.18. The van der Waals surface area contributed by atoms with Crippen LogP contribution >= 0.6 is 0 Å². The topological polar surface area (TPSA) is 105 Å². The summed E-state index contributed by atoms with van der Waals surface area (Å²) in [5, 5.41) is 9.23. The molecule has 0 aromatic rings. The molecule has 112 valence electrons. The van der Waals surface area contributed by atoms with Gasteiger partial charge in [-0.05, 0) is 20.8 Å². The second-order valence-electron chi connectivity index (χ2n) is 6.15. The maximum absolute atomic E-state index is 12.1. The van der Waals surface area contributed by atoms with Crippen LogP contribution in [0.3, 0.4) is 0 Å². The molecule has 2 amide bonds. The predicted octanol–water partition coefficient (Wildman–Crippen LogP) is 0.271. The van der Waals surface area contributed by atoms with E-state index in [0.717, 1.165) is 4.90 Å². The van der Waals surface area contributed by atoms with E-state index in [2.05, 4.69) is 5.48 Å². The van der Waals surface area contributed by atoms with Crippen molar-refractivity contribution in [3.63, 3.8) is 0 Å². The first-order chi connectivity index (χ1) is 9.12. The van der Waals surface area contributed by atoms with Crippen LogP contribution in [0.5, 0.6) is 0 Å². The Bertz CT molecular complexity index is 457. The summed E-state index contributed by atoms with van der Waals surface area (Å²) >= 11 is 0. The number of hydroxylamine groups is 1. The number of carboxylic acids is 1. The first-order valence-electron chi connectivity index (χ1n) is 6.31. The monoisotopic (exact) mass is 286 g/mol. The predicted molar refractivity (Wildman–Crippen MR) is 65.6 cm³/mol. The summed E-state index contributed by atoms with van der Waals surface area (Å²) in [5.74, 6) is -1.46. The SMILES string of the molecule is CC(C)(C)OC(=O)N1C[C@@]2(CC(=O)NO2)C[C@@H]1C(=O)O. The third-order valence-electron chi connectivity index (χ3n) is 3.18. The fourth-order valence-electron chi connectivity index (χ4n) is 2.41. The average molecular weight is 286 g/mol. The molecular weight excluding hydrogens is 268 g/mol. The Hall–Kier alpha value is -1.83. The first-order valence-corrected chi connectivity index (χ1v) is 6.31. The van der Waals surface area contributed by atoms with Crippen molar-refractivity contribution in [2.45, 2.75) is 50.9 Å². The van der Waals surface area contributed by atoms with Crippen LogP contribution in [0, 0.1) is 0 Å². The molecule has 0 unspecified atom stereocenters. The van der Waals surface area contributed by atoms with Gasteiger partial charge in [-0.15, -0.1) is 0 Å². The van der Waals surface area contributed by atoms with Crippen molar-refractivity contribution in [3.05, 3.63) is 0 Å². The second-order valence-corrected chi connectivity index (χ2v) is 6.15. The number of hydrogen-bond acceptors (Lipinski definition) is 5. The highest BCUT2D eigenvalue weighted by Crippen LogP contribution is 2.36. The number of nitrogens with zero attached hydrogens (tertiary/aromatic N) is 1. The molecule has 20 heavy (non-hydrogen) atoms. The summed E-state index contributed by atoms with van der Waals surface area (Å²) < 4.78 is 5.19. The van der Waals surface area contributed by atoms with E-state index < -0.39 is 29.3 Å². The molecular formula is C12H18N2O6. The number of likely N-dealkylation sites (tertiary alicyclic amines) is 1. The molecule has 0 aliphatic carbocycles. The zero-order valence-corrected chi connectivity index (χ0v) is 11.6. The molecule has 0 saturated carbocycles. The Morgan fingerprint density at radius 2 is 2.15 bits per heavy atom. The minimum atomic E-state index is -1.14. The summed E-state index contributed by atoms with van der Waals surface area (Å²) in [6, 6.07) is -1.06. The van der Waals surface area contributed by atoms with Crippen molar-refractivity contribution >= 4 is 18.0 Å². The van der Waals surface area contributed by atoms with Crippen molar-refractivity contribution in [1.82, 2.24) is 10.4 Å². The van der Waals surface area contributed by atoms with E-state index >= 15 is 0 Å². The Labute approximate surface area is 116 Å². The number of hydrogen-bond donors (Lipinski definition) is 2. The second kappa shape index (κ2) is 4.62. The zero-order valence-electron chi connectivity index (χ0n) is 11.6. The lowest BCUT2D eigenvalue weighted by Crippen LogP contribution is -2.44. The van der Waals surface area contributed by atoms with Crippen LogP contribution in [0.25, 0.3) is 0 Å². The standard InChI is InChI=1S/C12H18N2O6/c1-11(2,3)19-10(18)14-6-12(4-7(14)9(16)17)5-8(15)13-20-12/h7H,4-6H2,1-3H3,(H,13,15)(H,16,17)/t7-,12+/m1/s1. The van der Waals surface area contributed by atoms with Crippen LogP contribution in [-0.4, -0.2) is 51.8 Å². The van der Waals surface area contributed by atoms with Crippen LogP contribution in [0.2, 0.25) is 0 Å². The summed E-state index contributed by atoms with van der Waals surface area (Å²) in [6.07, 6.45) is -0.624. The van der Waals surface area contributed by atoms with Gasteiger partial charge in [0.15, 0.2) is 0 Å². The van der Waals surface area contributed by atoms with Crippen molar-refractivity contribution < 1.29 is 29.1 Å². The smallest absolute Gasteiger partial charge is 0.411 e. The third kappa shape index (κ3) is 2.84. The quantitative estimate of drug-likeness (QED) is 0.717. The van der Waals surface area contributed by atoms with Gasteiger partial charge < -0.3 is 9.84 Å². The Kier molecular flexibility index (Phi) is 3.37. The summed E-state index contributed by atoms with van der Waals surface area (Å²) in [7, 11) is 0. The number of nitrogens with one attached hydrogen (secondary N) is 1. The zero-order chi connectivity index (χ0) is 15.1. The lowest BCUT2D eigenvalue weighted by molar-refractivity contribution is -0.142. The number of amides is 2. The van der Waals surface area contributed by atoms with Gasteiger partial charge in [-0.2, -0.15) is 0 Å². The fourth-order valence-corrected chi connectivity index (χ4v) is 2.41. The summed E-state index contributed by atoms with van der Waals surface area (Å²) in [6.45, 7) is 5.11. The van der Waals surface area contributed by atoms with Gasteiger partial charge in [0.2, 0.25) is 5.91 Å². The highest BCUT2D eigenvalue weighted by Gasteiger charge is 2.54. The minimum absolute atomic E-state index is 0.0115. The molecule has 2 saturated heterocycles. The molecule has 2 N–H and O–H groups in total. The molecule has 2 atom stereocenters. The highest BCUT2D eigenvalue weighted by molar-refractivity contribution is 5.83. The van der Waals surface area contributed by atoms with Gasteiger partial charge in [-0.3, -0.25) is 14.5 Å². The first kappa shape index (κ1) is 14.6.